The van der Waals surface area contributed by atoms with Crippen molar-refractivity contribution in [3.63, 3.8) is 0 Å². The Labute approximate surface area is 177 Å². The van der Waals surface area contributed by atoms with Crippen molar-refractivity contribution in [1.29, 1.82) is 0 Å². The Kier molecular flexibility index (Phi) is 5.96. The summed E-state index contributed by atoms with van der Waals surface area (Å²) in [6.45, 7) is 7.44. The summed E-state index contributed by atoms with van der Waals surface area (Å²) in [7, 11) is -2.96. The molecule has 1 fully saturated rings. The third-order valence-electron chi connectivity index (χ3n) is 6.01. The summed E-state index contributed by atoms with van der Waals surface area (Å²) in [5.74, 6) is 0.806. The van der Waals surface area contributed by atoms with Gasteiger partial charge in [-0.25, -0.2) is 0 Å². The number of hydrogen-bond donors (Lipinski definition) is 1. The Hall–Kier alpha value is -1.87. The maximum absolute atomic E-state index is 14.7. The molecule has 3 nitrogen and oxygen atoms in total. The van der Waals surface area contributed by atoms with Crippen LogP contribution in [0.25, 0.3) is 0 Å². The molecule has 1 aliphatic rings. The highest BCUT2D eigenvalue weighted by atomic mass is 32.1. The number of nitrogen functional groups attached to an aromatic ring is 1. The molecule has 152 valence electrons. The van der Waals surface area contributed by atoms with Gasteiger partial charge in [0.15, 0.2) is 7.14 Å². The highest BCUT2D eigenvalue weighted by Crippen LogP contribution is 2.47. The van der Waals surface area contributed by atoms with Gasteiger partial charge >= 0.3 is 0 Å². The van der Waals surface area contributed by atoms with Crippen molar-refractivity contribution in [3.05, 3.63) is 71.1 Å². The number of nitrogens with two attached hydrogens (primary N) is 1. The van der Waals surface area contributed by atoms with Gasteiger partial charge in [0, 0.05) is 22.0 Å². The van der Waals surface area contributed by atoms with Gasteiger partial charge in [-0.2, -0.15) is 0 Å². The van der Waals surface area contributed by atoms with Gasteiger partial charge < -0.3 is 10.3 Å². The van der Waals surface area contributed by atoms with Crippen molar-refractivity contribution in [2.24, 2.45) is 5.92 Å². The molecular formula is C24H29N2OPS. The third-order valence-corrected chi connectivity index (χ3v) is 11.1. The monoisotopic (exact) mass is 424 g/mol. The van der Waals surface area contributed by atoms with Crippen LogP contribution in [-0.2, 0) is 11.1 Å². The highest BCUT2D eigenvalue weighted by Gasteiger charge is 2.34. The molecule has 0 bridgehead atoms. The molecule has 0 amide bonds. The van der Waals surface area contributed by atoms with Gasteiger partial charge in [-0.05, 0) is 44.3 Å². The minimum atomic E-state index is -2.96. The quantitative estimate of drug-likeness (QED) is 0.613. The lowest BCUT2D eigenvalue weighted by molar-refractivity contribution is 0.187. The average molecular weight is 425 g/mol. The maximum atomic E-state index is 14.7. The fourth-order valence-electron chi connectivity index (χ4n) is 4.07. The fraction of sp³-hybridized carbons (Fsp3) is 0.333. The van der Waals surface area contributed by atoms with Gasteiger partial charge in [0.2, 0.25) is 0 Å². The van der Waals surface area contributed by atoms with Gasteiger partial charge in [0.25, 0.3) is 0 Å². The van der Waals surface area contributed by atoms with Gasteiger partial charge in [-0.15, -0.1) is 11.3 Å². The van der Waals surface area contributed by atoms with Crippen molar-refractivity contribution < 1.29 is 4.57 Å². The SMILES string of the molecule is Cc1c(P(=O)(c2ccccc2)c2ccccc2)sc(CN2CCC(C)CC2)c1N. The van der Waals surface area contributed by atoms with Crippen LogP contribution >= 0.6 is 18.5 Å². The van der Waals surface area contributed by atoms with Crippen molar-refractivity contribution in [2.45, 2.75) is 33.2 Å². The molecule has 0 radical (unpaired) electrons. The zero-order chi connectivity index (χ0) is 20.4. The normalized spacial score (nSPS) is 16.2. The van der Waals surface area contributed by atoms with E-state index in [4.69, 9.17) is 5.73 Å². The van der Waals surface area contributed by atoms with Gasteiger partial charge in [-0.3, -0.25) is 4.90 Å². The van der Waals surface area contributed by atoms with E-state index in [-0.39, 0.29) is 0 Å². The highest BCUT2D eigenvalue weighted by molar-refractivity contribution is 7.89. The third kappa shape index (κ3) is 3.94. The van der Waals surface area contributed by atoms with Crippen LogP contribution in [-0.4, -0.2) is 18.0 Å². The van der Waals surface area contributed by atoms with Crippen LogP contribution in [0.4, 0.5) is 5.69 Å². The smallest absolute Gasteiger partial charge is 0.180 e. The second-order valence-corrected chi connectivity index (χ2v) is 12.2. The zero-order valence-electron chi connectivity index (χ0n) is 17.2. The summed E-state index contributed by atoms with van der Waals surface area (Å²) in [6, 6.07) is 19.7. The number of hydrogen-bond acceptors (Lipinski definition) is 4. The van der Waals surface area contributed by atoms with E-state index in [9.17, 15) is 4.57 Å². The number of rotatable bonds is 5. The second kappa shape index (κ2) is 8.47. The predicted octanol–water partition coefficient (Wildman–Crippen LogP) is 4.51. The van der Waals surface area contributed by atoms with Crippen LogP contribution in [0, 0.1) is 12.8 Å². The van der Waals surface area contributed by atoms with Crippen LogP contribution in [0.3, 0.4) is 0 Å². The number of anilines is 1. The summed E-state index contributed by atoms with van der Waals surface area (Å²) in [4.78, 5) is 3.64. The molecule has 2 N–H and O–H groups in total. The van der Waals surface area contributed by atoms with Gasteiger partial charge in [-0.1, -0.05) is 67.6 Å². The minimum absolute atomic E-state index is 0.806. The molecule has 0 spiro atoms. The largest absolute Gasteiger partial charge is 0.398 e. The van der Waals surface area contributed by atoms with Gasteiger partial charge in [0.1, 0.15) is 0 Å². The summed E-state index contributed by atoms with van der Waals surface area (Å²) < 4.78 is 15.6. The van der Waals surface area contributed by atoms with E-state index < -0.39 is 7.14 Å². The molecule has 0 unspecified atom stereocenters. The fourth-order valence-corrected chi connectivity index (χ4v) is 9.10. The summed E-state index contributed by atoms with van der Waals surface area (Å²) in [5.41, 5.74) is 8.36. The number of piperidine rings is 1. The molecule has 5 heteroatoms. The number of likely N-dealkylation sites (tertiary alicyclic amines) is 1. The van der Waals surface area contributed by atoms with Crippen LogP contribution in [0.1, 0.15) is 30.2 Å². The maximum Gasteiger partial charge on any atom is 0.180 e. The molecular weight excluding hydrogens is 395 g/mol. The minimum Gasteiger partial charge on any atom is -0.398 e. The van der Waals surface area contributed by atoms with E-state index in [1.54, 1.807) is 11.3 Å². The second-order valence-electron chi connectivity index (χ2n) is 8.11. The lowest BCUT2D eigenvalue weighted by atomic mass is 9.99. The molecule has 0 saturated carbocycles. The molecule has 29 heavy (non-hydrogen) atoms. The first-order chi connectivity index (χ1) is 14.0. The lowest BCUT2D eigenvalue weighted by Gasteiger charge is -2.29. The molecule has 4 rings (SSSR count). The van der Waals surface area contributed by atoms with E-state index in [1.807, 2.05) is 67.6 Å². The topological polar surface area (TPSA) is 46.3 Å². The molecule has 0 atom stereocenters. The van der Waals surface area contributed by atoms with Crippen molar-refractivity contribution in [1.82, 2.24) is 4.90 Å². The Morgan fingerprint density at radius 2 is 1.52 bits per heavy atom. The van der Waals surface area contributed by atoms with Crippen LogP contribution in [0.15, 0.2) is 60.7 Å². The summed E-state index contributed by atoms with van der Waals surface area (Å²) >= 11 is 1.65. The molecule has 0 aliphatic carbocycles. The number of nitrogens with zero attached hydrogens (tertiary/aromatic N) is 1. The average Bonchev–Trinajstić information content (AvgIpc) is 3.05. The standard InChI is InChI=1S/C24H29N2OPS/c1-18-13-15-26(16-14-18)17-22-23(25)19(2)24(29-22)28(27,20-9-5-3-6-10-20)21-11-7-4-8-12-21/h3-12,18H,13-17,25H2,1-2H3. The number of thiophene rings is 1. The van der Waals surface area contributed by atoms with Gasteiger partial charge in [0.05, 0.1) is 10.3 Å². The Morgan fingerprint density at radius 3 is 2.03 bits per heavy atom. The van der Waals surface area contributed by atoms with Crippen LogP contribution < -0.4 is 21.0 Å². The van der Waals surface area contributed by atoms with E-state index in [0.29, 0.717) is 0 Å². The van der Waals surface area contributed by atoms with Crippen LogP contribution in [0.5, 0.6) is 0 Å². The summed E-state index contributed by atoms with van der Waals surface area (Å²) in [6.07, 6.45) is 2.48. The van der Waals surface area contributed by atoms with Crippen molar-refractivity contribution in [3.8, 4) is 0 Å². The molecule has 2 heterocycles. The van der Waals surface area contributed by atoms with Crippen LogP contribution in [0.2, 0.25) is 0 Å². The van der Waals surface area contributed by atoms with E-state index in [2.05, 4.69) is 11.8 Å². The molecule has 3 aromatic rings. The lowest BCUT2D eigenvalue weighted by Crippen LogP contribution is -2.32. The van der Waals surface area contributed by atoms with Crippen molar-refractivity contribution in [2.75, 3.05) is 18.8 Å². The number of benzene rings is 2. The molecule has 1 aromatic heterocycles. The van der Waals surface area contributed by atoms with E-state index in [0.717, 1.165) is 56.9 Å². The summed E-state index contributed by atoms with van der Waals surface area (Å²) in [5, 5.41) is 1.74. The first-order valence-electron chi connectivity index (χ1n) is 10.3. The molecule has 1 saturated heterocycles. The first-order valence-corrected chi connectivity index (χ1v) is 12.8. The first kappa shape index (κ1) is 20.4. The zero-order valence-corrected chi connectivity index (χ0v) is 18.9. The Bertz CT molecular complexity index is 965. The molecule has 2 aromatic carbocycles. The van der Waals surface area contributed by atoms with Crippen molar-refractivity contribution >= 4 is 39.4 Å². The van der Waals surface area contributed by atoms with E-state index >= 15 is 0 Å². The Morgan fingerprint density at radius 1 is 1.00 bits per heavy atom. The predicted molar refractivity (Wildman–Crippen MR) is 127 cm³/mol. The van der Waals surface area contributed by atoms with E-state index in [1.165, 1.54) is 12.8 Å². The molecule has 1 aliphatic heterocycles. The Balaban J connectivity index is 1.77.